The van der Waals surface area contributed by atoms with Gasteiger partial charge in [-0.15, -0.1) is 6.58 Å². The Bertz CT molecular complexity index is 811. The van der Waals surface area contributed by atoms with E-state index in [0.29, 0.717) is 24.6 Å². The SMILES string of the molecule is C=CCN1CC2CCC1(CN(C(=O)O)c1ccc(S(=O)(=O)CCC)cc1)CC2. The van der Waals surface area contributed by atoms with Crippen molar-refractivity contribution in [2.45, 2.75) is 49.5 Å². The zero-order valence-electron chi connectivity index (χ0n) is 16.5. The molecule has 2 bridgehead atoms. The van der Waals surface area contributed by atoms with Crippen LogP contribution >= 0.6 is 0 Å². The minimum atomic E-state index is -3.31. The van der Waals surface area contributed by atoms with Crippen molar-refractivity contribution >= 4 is 21.6 Å². The summed E-state index contributed by atoms with van der Waals surface area (Å²) in [6.07, 6.45) is 5.67. The average molecular weight is 407 g/mol. The Morgan fingerprint density at radius 3 is 2.50 bits per heavy atom. The number of carbonyl (C=O) groups is 1. The lowest BCUT2D eigenvalue weighted by molar-refractivity contribution is -0.0210. The fraction of sp³-hybridized carbons (Fsp3) is 0.571. The van der Waals surface area contributed by atoms with Gasteiger partial charge in [0.1, 0.15) is 0 Å². The van der Waals surface area contributed by atoms with Crippen molar-refractivity contribution in [1.29, 1.82) is 0 Å². The molecular weight excluding hydrogens is 376 g/mol. The quantitative estimate of drug-likeness (QED) is 0.665. The standard InChI is InChI=1S/C21H30N2O4S/c1-3-13-22-15-17-9-11-21(22,12-10-17)16-23(20(24)25)18-5-7-19(8-6-18)28(26,27)14-4-2/h3,5-8,17H,1,4,9-16H2,2H3,(H,24,25). The second-order valence-electron chi connectivity index (χ2n) is 8.04. The van der Waals surface area contributed by atoms with E-state index in [1.165, 1.54) is 17.0 Å². The third-order valence-electron chi connectivity index (χ3n) is 6.20. The highest BCUT2D eigenvalue weighted by atomic mass is 32.2. The number of fused-ring (bicyclic) bond motifs is 3. The van der Waals surface area contributed by atoms with Crippen LogP contribution in [0.1, 0.15) is 39.0 Å². The Labute approximate surface area is 167 Å². The maximum atomic E-state index is 12.2. The number of anilines is 1. The molecule has 0 unspecified atom stereocenters. The molecule has 1 aromatic rings. The second-order valence-corrected chi connectivity index (χ2v) is 10.2. The molecule has 6 nitrogen and oxygen atoms in total. The molecule has 4 rings (SSSR count). The molecule has 2 saturated heterocycles. The van der Waals surface area contributed by atoms with E-state index in [2.05, 4.69) is 11.5 Å². The fourth-order valence-corrected chi connectivity index (χ4v) is 6.01. The van der Waals surface area contributed by atoms with E-state index in [0.717, 1.165) is 38.8 Å². The van der Waals surface area contributed by atoms with Crippen LogP contribution in [0.3, 0.4) is 0 Å². The molecule has 1 amide bonds. The molecule has 0 aromatic heterocycles. The van der Waals surface area contributed by atoms with Crippen LogP contribution < -0.4 is 4.90 Å². The van der Waals surface area contributed by atoms with Crippen molar-refractivity contribution in [3.05, 3.63) is 36.9 Å². The summed E-state index contributed by atoms with van der Waals surface area (Å²) < 4.78 is 24.5. The Morgan fingerprint density at radius 1 is 1.32 bits per heavy atom. The molecule has 2 aliphatic heterocycles. The van der Waals surface area contributed by atoms with Gasteiger partial charge < -0.3 is 5.11 Å². The molecule has 0 spiro atoms. The topological polar surface area (TPSA) is 77.9 Å². The Morgan fingerprint density at radius 2 is 1.96 bits per heavy atom. The summed E-state index contributed by atoms with van der Waals surface area (Å²) in [5, 5.41) is 9.88. The van der Waals surface area contributed by atoms with Crippen LogP contribution in [0.5, 0.6) is 0 Å². The van der Waals surface area contributed by atoms with Crippen molar-refractivity contribution in [3.8, 4) is 0 Å². The van der Waals surface area contributed by atoms with Gasteiger partial charge in [0.15, 0.2) is 9.84 Å². The zero-order chi connectivity index (χ0) is 20.4. The molecule has 3 aliphatic rings. The number of rotatable bonds is 8. The molecule has 28 heavy (non-hydrogen) atoms. The van der Waals surface area contributed by atoms with Crippen molar-refractivity contribution < 1.29 is 18.3 Å². The maximum Gasteiger partial charge on any atom is 0.411 e. The van der Waals surface area contributed by atoms with E-state index >= 15 is 0 Å². The first-order valence-corrected chi connectivity index (χ1v) is 11.7. The minimum Gasteiger partial charge on any atom is -0.465 e. The van der Waals surface area contributed by atoms with Gasteiger partial charge in [0.2, 0.25) is 0 Å². The van der Waals surface area contributed by atoms with Crippen molar-refractivity contribution in [3.63, 3.8) is 0 Å². The van der Waals surface area contributed by atoms with Gasteiger partial charge in [0.25, 0.3) is 0 Å². The van der Waals surface area contributed by atoms with E-state index in [1.54, 1.807) is 12.1 Å². The van der Waals surface area contributed by atoms with Crippen molar-refractivity contribution in [2.75, 3.05) is 30.3 Å². The average Bonchev–Trinajstić information content (AvgIpc) is 2.67. The Balaban J connectivity index is 1.85. The molecular formula is C21H30N2O4S. The normalized spacial score (nSPS) is 24.8. The van der Waals surface area contributed by atoms with Crippen LogP contribution in [0.4, 0.5) is 10.5 Å². The highest BCUT2D eigenvalue weighted by molar-refractivity contribution is 7.91. The predicted molar refractivity (Wildman–Crippen MR) is 111 cm³/mol. The largest absolute Gasteiger partial charge is 0.465 e. The van der Waals surface area contributed by atoms with Gasteiger partial charge in [-0.05, 0) is 62.3 Å². The van der Waals surface area contributed by atoms with E-state index in [9.17, 15) is 18.3 Å². The number of hydrogen-bond donors (Lipinski definition) is 1. The molecule has 0 atom stereocenters. The predicted octanol–water partition coefficient (Wildman–Crippen LogP) is 3.79. The molecule has 1 N–H and O–H groups in total. The summed E-state index contributed by atoms with van der Waals surface area (Å²) in [6, 6.07) is 6.26. The van der Waals surface area contributed by atoms with Crippen LogP contribution in [0.25, 0.3) is 0 Å². The monoisotopic (exact) mass is 406 g/mol. The highest BCUT2D eigenvalue weighted by Crippen LogP contribution is 2.44. The number of nitrogens with zero attached hydrogens (tertiary/aromatic N) is 2. The van der Waals surface area contributed by atoms with Crippen molar-refractivity contribution in [1.82, 2.24) is 4.90 Å². The summed E-state index contributed by atoms with van der Waals surface area (Å²) in [7, 11) is -3.31. The summed E-state index contributed by atoms with van der Waals surface area (Å²) in [5.41, 5.74) is 0.345. The van der Waals surface area contributed by atoms with Crippen molar-refractivity contribution in [2.24, 2.45) is 5.92 Å². The van der Waals surface area contributed by atoms with Gasteiger partial charge in [-0.2, -0.15) is 0 Å². The van der Waals surface area contributed by atoms with Crippen LogP contribution in [0.2, 0.25) is 0 Å². The smallest absolute Gasteiger partial charge is 0.411 e. The minimum absolute atomic E-state index is 0.0930. The third kappa shape index (κ3) is 4.10. The molecule has 0 radical (unpaired) electrons. The van der Waals surface area contributed by atoms with Gasteiger partial charge >= 0.3 is 6.09 Å². The van der Waals surface area contributed by atoms with E-state index in [1.807, 2.05) is 13.0 Å². The van der Waals surface area contributed by atoms with Gasteiger partial charge in [-0.25, -0.2) is 13.2 Å². The molecule has 3 fully saturated rings. The summed E-state index contributed by atoms with van der Waals surface area (Å²) in [6.45, 7) is 7.83. The summed E-state index contributed by atoms with van der Waals surface area (Å²) in [5.74, 6) is 0.790. The van der Waals surface area contributed by atoms with Gasteiger partial charge in [-0.3, -0.25) is 9.80 Å². The van der Waals surface area contributed by atoms with E-state index < -0.39 is 15.9 Å². The lowest BCUT2D eigenvalue weighted by Gasteiger charge is -2.55. The molecule has 1 saturated carbocycles. The number of amides is 1. The van der Waals surface area contributed by atoms with Crippen LogP contribution in [-0.2, 0) is 9.84 Å². The number of carboxylic acid groups (broad SMARTS) is 1. The number of benzene rings is 1. The maximum absolute atomic E-state index is 12.2. The first kappa shape index (κ1) is 20.9. The Kier molecular flexibility index (Phi) is 6.15. The first-order valence-electron chi connectivity index (χ1n) is 10.0. The lowest BCUT2D eigenvalue weighted by Crippen LogP contribution is -2.63. The number of hydrogen-bond acceptors (Lipinski definition) is 4. The third-order valence-corrected chi connectivity index (χ3v) is 8.13. The van der Waals surface area contributed by atoms with Crippen LogP contribution in [0, 0.1) is 5.92 Å². The molecule has 7 heteroatoms. The van der Waals surface area contributed by atoms with Gasteiger partial charge in [0, 0.05) is 30.9 Å². The first-order chi connectivity index (χ1) is 13.3. The zero-order valence-corrected chi connectivity index (χ0v) is 17.3. The lowest BCUT2D eigenvalue weighted by atomic mass is 9.70. The number of sulfone groups is 1. The van der Waals surface area contributed by atoms with Gasteiger partial charge in [-0.1, -0.05) is 13.0 Å². The van der Waals surface area contributed by atoms with E-state index in [-0.39, 0.29) is 16.2 Å². The molecule has 154 valence electrons. The highest BCUT2D eigenvalue weighted by Gasteiger charge is 2.47. The summed E-state index contributed by atoms with van der Waals surface area (Å²) in [4.78, 5) is 16.1. The molecule has 1 aliphatic carbocycles. The Hall–Kier alpha value is -1.86. The molecule has 1 aromatic carbocycles. The number of piperidine rings is 2. The van der Waals surface area contributed by atoms with Crippen LogP contribution in [-0.4, -0.2) is 55.4 Å². The summed E-state index contributed by atoms with van der Waals surface area (Å²) >= 11 is 0. The van der Waals surface area contributed by atoms with E-state index in [4.69, 9.17) is 0 Å². The van der Waals surface area contributed by atoms with Crippen LogP contribution in [0.15, 0.2) is 41.8 Å². The van der Waals surface area contributed by atoms with Gasteiger partial charge in [0.05, 0.1) is 10.6 Å². The second kappa shape index (κ2) is 8.25. The fourth-order valence-electron chi connectivity index (χ4n) is 4.68. The molecule has 2 heterocycles.